The van der Waals surface area contributed by atoms with Crippen LogP contribution in [0.3, 0.4) is 0 Å². The average Bonchev–Trinajstić information content (AvgIpc) is 3.00. The highest BCUT2D eigenvalue weighted by Crippen LogP contribution is 2.39. The van der Waals surface area contributed by atoms with Crippen LogP contribution in [0, 0.1) is 0 Å². The summed E-state index contributed by atoms with van der Waals surface area (Å²) >= 11 is 5.96. The van der Waals surface area contributed by atoms with Crippen LogP contribution in [-0.4, -0.2) is 65.5 Å². The SMILES string of the molecule is COCCN1CCCC2(CCCN2C(=O)c2cncc(Cl)c2)C1=O. The Bertz CT molecular complexity index is 639. The molecule has 7 heteroatoms. The molecule has 2 saturated heterocycles. The summed E-state index contributed by atoms with van der Waals surface area (Å²) in [4.78, 5) is 33.6. The van der Waals surface area contributed by atoms with Crippen LogP contribution >= 0.6 is 11.6 Å². The van der Waals surface area contributed by atoms with Crippen LogP contribution in [0.5, 0.6) is 0 Å². The van der Waals surface area contributed by atoms with Crippen LogP contribution in [0.2, 0.25) is 5.02 Å². The van der Waals surface area contributed by atoms with Crippen molar-refractivity contribution in [1.82, 2.24) is 14.8 Å². The molecule has 0 saturated carbocycles. The van der Waals surface area contributed by atoms with E-state index in [0.29, 0.717) is 30.3 Å². The molecule has 1 aromatic rings. The molecule has 6 nitrogen and oxygen atoms in total. The molecule has 0 aromatic carbocycles. The summed E-state index contributed by atoms with van der Waals surface area (Å²) in [5.74, 6) is -0.115. The molecule has 2 aliphatic rings. The molecule has 2 aliphatic heterocycles. The number of likely N-dealkylation sites (tertiary alicyclic amines) is 2. The van der Waals surface area contributed by atoms with Crippen molar-refractivity contribution in [3.8, 4) is 0 Å². The van der Waals surface area contributed by atoms with Crippen molar-refractivity contribution in [2.45, 2.75) is 31.2 Å². The molecule has 0 aliphatic carbocycles. The number of hydrogen-bond donors (Lipinski definition) is 0. The summed E-state index contributed by atoms with van der Waals surface area (Å²) in [6, 6.07) is 1.61. The van der Waals surface area contributed by atoms with E-state index in [4.69, 9.17) is 16.3 Å². The highest BCUT2D eigenvalue weighted by molar-refractivity contribution is 6.30. The molecule has 0 radical (unpaired) electrons. The number of rotatable bonds is 4. The smallest absolute Gasteiger partial charge is 0.256 e. The number of carbonyl (C=O) groups excluding carboxylic acids is 2. The number of piperidine rings is 1. The molecule has 0 bridgehead atoms. The van der Waals surface area contributed by atoms with Gasteiger partial charge in [0, 0.05) is 39.1 Å². The van der Waals surface area contributed by atoms with Crippen molar-refractivity contribution in [3.63, 3.8) is 0 Å². The topological polar surface area (TPSA) is 62.7 Å². The summed E-state index contributed by atoms with van der Waals surface area (Å²) in [5, 5.41) is 0.422. The summed E-state index contributed by atoms with van der Waals surface area (Å²) < 4.78 is 5.10. The highest BCUT2D eigenvalue weighted by Gasteiger charge is 2.52. The van der Waals surface area contributed by atoms with E-state index >= 15 is 0 Å². The lowest BCUT2D eigenvalue weighted by Gasteiger charge is -2.44. The number of methoxy groups -OCH3 is 1. The second-order valence-corrected chi connectivity index (χ2v) is 6.81. The highest BCUT2D eigenvalue weighted by atomic mass is 35.5. The molecule has 130 valence electrons. The van der Waals surface area contributed by atoms with Crippen molar-refractivity contribution < 1.29 is 14.3 Å². The lowest BCUT2D eigenvalue weighted by Crippen LogP contribution is -2.61. The van der Waals surface area contributed by atoms with Crippen molar-refractivity contribution in [3.05, 3.63) is 29.0 Å². The Kier molecular flexibility index (Phi) is 5.06. The van der Waals surface area contributed by atoms with Crippen LogP contribution < -0.4 is 0 Å². The first-order valence-corrected chi connectivity index (χ1v) is 8.67. The van der Waals surface area contributed by atoms with Gasteiger partial charge in [0.25, 0.3) is 5.91 Å². The number of aromatic nitrogens is 1. The fourth-order valence-electron chi connectivity index (χ4n) is 3.82. The monoisotopic (exact) mass is 351 g/mol. The maximum atomic E-state index is 13.1. The van der Waals surface area contributed by atoms with Gasteiger partial charge in [-0.05, 0) is 31.7 Å². The Labute approximate surface area is 146 Å². The van der Waals surface area contributed by atoms with Gasteiger partial charge in [-0.2, -0.15) is 0 Å². The Morgan fingerprint density at radius 2 is 2.08 bits per heavy atom. The van der Waals surface area contributed by atoms with Gasteiger partial charge in [-0.1, -0.05) is 11.6 Å². The minimum atomic E-state index is -0.717. The van der Waals surface area contributed by atoms with E-state index in [-0.39, 0.29) is 11.8 Å². The van der Waals surface area contributed by atoms with Gasteiger partial charge in [0.05, 0.1) is 17.2 Å². The standard InChI is InChI=1S/C17H22ClN3O3/c1-24-9-8-20-6-2-4-17(16(20)23)5-3-7-21(17)15(22)13-10-14(18)12-19-11-13/h10-12H,2-9H2,1H3. The average molecular weight is 352 g/mol. The normalized spacial score (nSPS) is 24.0. The molecule has 3 rings (SSSR count). The molecule has 1 atom stereocenters. The van der Waals surface area contributed by atoms with Crippen LogP contribution in [-0.2, 0) is 9.53 Å². The zero-order valence-electron chi connectivity index (χ0n) is 13.8. The van der Waals surface area contributed by atoms with Crippen molar-refractivity contribution in [1.29, 1.82) is 0 Å². The van der Waals surface area contributed by atoms with Crippen LogP contribution in [0.15, 0.2) is 18.5 Å². The van der Waals surface area contributed by atoms with E-state index in [2.05, 4.69) is 4.98 Å². The predicted molar refractivity (Wildman–Crippen MR) is 89.9 cm³/mol. The Morgan fingerprint density at radius 1 is 1.33 bits per heavy atom. The molecular weight excluding hydrogens is 330 g/mol. The maximum Gasteiger partial charge on any atom is 0.256 e. The van der Waals surface area contributed by atoms with Gasteiger partial charge in [-0.25, -0.2) is 0 Å². The third-order valence-corrected chi connectivity index (χ3v) is 5.16. The van der Waals surface area contributed by atoms with E-state index < -0.39 is 5.54 Å². The number of pyridine rings is 1. The van der Waals surface area contributed by atoms with Gasteiger partial charge in [0.15, 0.2) is 0 Å². The molecule has 1 unspecified atom stereocenters. The second kappa shape index (κ2) is 7.07. The van der Waals surface area contributed by atoms with Crippen LogP contribution in [0.25, 0.3) is 0 Å². The summed E-state index contributed by atoms with van der Waals surface area (Å²) in [7, 11) is 1.63. The fraction of sp³-hybridized carbons (Fsp3) is 0.588. The second-order valence-electron chi connectivity index (χ2n) is 6.37. The Hall–Kier alpha value is -1.66. The van der Waals surface area contributed by atoms with Crippen molar-refractivity contribution in [2.24, 2.45) is 0 Å². The third-order valence-electron chi connectivity index (χ3n) is 4.95. The molecule has 2 amide bonds. The van der Waals surface area contributed by atoms with Crippen LogP contribution in [0.1, 0.15) is 36.0 Å². The summed E-state index contributed by atoms with van der Waals surface area (Å²) in [6.45, 7) is 2.39. The lowest BCUT2D eigenvalue weighted by atomic mass is 9.85. The van der Waals surface area contributed by atoms with E-state index in [0.717, 1.165) is 32.2 Å². The number of amides is 2. The Morgan fingerprint density at radius 3 is 2.79 bits per heavy atom. The first kappa shape index (κ1) is 17.2. The largest absolute Gasteiger partial charge is 0.383 e. The zero-order valence-corrected chi connectivity index (χ0v) is 14.6. The van der Waals surface area contributed by atoms with Gasteiger partial charge < -0.3 is 14.5 Å². The molecule has 2 fully saturated rings. The first-order valence-electron chi connectivity index (χ1n) is 8.29. The number of carbonyl (C=O) groups is 2. The molecule has 24 heavy (non-hydrogen) atoms. The molecule has 0 N–H and O–H groups in total. The van der Waals surface area contributed by atoms with E-state index in [1.807, 2.05) is 4.90 Å². The van der Waals surface area contributed by atoms with E-state index in [9.17, 15) is 9.59 Å². The minimum Gasteiger partial charge on any atom is -0.383 e. The van der Waals surface area contributed by atoms with Gasteiger partial charge in [0.1, 0.15) is 5.54 Å². The lowest BCUT2D eigenvalue weighted by molar-refractivity contribution is -0.146. The molecular formula is C17H22ClN3O3. The number of nitrogens with zero attached hydrogens (tertiary/aromatic N) is 3. The number of halogens is 1. The fourth-order valence-corrected chi connectivity index (χ4v) is 4.00. The van der Waals surface area contributed by atoms with Gasteiger partial charge in [-0.15, -0.1) is 0 Å². The zero-order chi connectivity index (χ0) is 17.2. The van der Waals surface area contributed by atoms with Gasteiger partial charge in [-0.3, -0.25) is 14.6 Å². The number of hydrogen-bond acceptors (Lipinski definition) is 4. The predicted octanol–water partition coefficient (Wildman–Crippen LogP) is 1.98. The minimum absolute atomic E-state index is 0.0478. The summed E-state index contributed by atoms with van der Waals surface area (Å²) in [6.07, 6.45) is 6.17. The molecule has 1 spiro atoms. The molecule has 1 aromatic heterocycles. The van der Waals surface area contributed by atoms with Gasteiger partial charge in [0.2, 0.25) is 5.91 Å². The molecule has 3 heterocycles. The third kappa shape index (κ3) is 3.00. The van der Waals surface area contributed by atoms with Crippen molar-refractivity contribution in [2.75, 3.05) is 33.4 Å². The first-order chi connectivity index (χ1) is 11.6. The van der Waals surface area contributed by atoms with Crippen molar-refractivity contribution >= 4 is 23.4 Å². The van der Waals surface area contributed by atoms with E-state index in [1.165, 1.54) is 12.4 Å². The Balaban J connectivity index is 1.86. The van der Waals surface area contributed by atoms with Gasteiger partial charge >= 0.3 is 0 Å². The van der Waals surface area contributed by atoms with Crippen LogP contribution in [0.4, 0.5) is 0 Å². The number of ether oxygens (including phenoxy) is 1. The quantitative estimate of drug-likeness (QED) is 0.832. The summed E-state index contributed by atoms with van der Waals surface area (Å²) in [5.41, 5.74) is -0.281. The van der Waals surface area contributed by atoms with E-state index in [1.54, 1.807) is 18.1 Å². The maximum absolute atomic E-state index is 13.1.